The Bertz CT molecular complexity index is 450. The van der Waals surface area contributed by atoms with Gasteiger partial charge in [0.05, 0.1) is 0 Å². The molecule has 0 heterocycles. The van der Waals surface area contributed by atoms with Gasteiger partial charge in [0, 0.05) is 11.6 Å². The zero-order chi connectivity index (χ0) is 13.3. The van der Waals surface area contributed by atoms with Crippen molar-refractivity contribution in [3.05, 3.63) is 30.1 Å². The van der Waals surface area contributed by atoms with Gasteiger partial charge in [0.25, 0.3) is 5.91 Å². The van der Waals surface area contributed by atoms with E-state index in [4.69, 9.17) is 0 Å². The van der Waals surface area contributed by atoms with Gasteiger partial charge in [0.15, 0.2) is 4.58 Å². The van der Waals surface area contributed by atoms with E-state index in [2.05, 4.69) is 21.2 Å². The molecule has 2 rings (SSSR count). The van der Waals surface area contributed by atoms with Gasteiger partial charge in [-0.1, -0.05) is 0 Å². The van der Waals surface area contributed by atoms with E-state index in [0.29, 0.717) is 12.1 Å². The van der Waals surface area contributed by atoms with Gasteiger partial charge < -0.3 is 10.4 Å². The summed E-state index contributed by atoms with van der Waals surface area (Å²) in [6.45, 7) is 0. The normalized spacial score (nSPS) is 27.7. The summed E-state index contributed by atoms with van der Waals surface area (Å²) in [4.78, 5) is 11.6. The summed E-state index contributed by atoms with van der Waals surface area (Å²) in [6.07, 6.45) is -0.905. The van der Waals surface area contributed by atoms with Crippen molar-refractivity contribution in [2.24, 2.45) is 5.92 Å². The van der Waals surface area contributed by atoms with Gasteiger partial charge in [-0.2, -0.15) is 0 Å². The lowest BCUT2D eigenvalue weighted by molar-refractivity contribution is -0.124. The highest BCUT2D eigenvalue weighted by molar-refractivity contribution is 9.10. The van der Waals surface area contributed by atoms with E-state index in [0.717, 1.165) is 0 Å². The Labute approximate surface area is 111 Å². The molecular formula is C12H12BrF2NO2. The summed E-state index contributed by atoms with van der Waals surface area (Å²) < 4.78 is 24.4. The summed E-state index contributed by atoms with van der Waals surface area (Å²) in [5, 5.41) is 12.0. The van der Waals surface area contributed by atoms with Crippen molar-refractivity contribution < 1.29 is 18.7 Å². The minimum atomic E-state index is -1.44. The second kappa shape index (κ2) is 4.93. The van der Waals surface area contributed by atoms with E-state index < -0.39 is 22.4 Å². The third-order valence-electron chi connectivity index (χ3n) is 2.88. The number of benzene rings is 1. The number of aliphatic hydroxyl groups excluding tert-OH is 1. The van der Waals surface area contributed by atoms with Gasteiger partial charge in [0.2, 0.25) is 0 Å². The summed E-state index contributed by atoms with van der Waals surface area (Å²) in [5.74, 6) is -1.36. The number of carbonyl (C=O) groups excluding carboxylic acids is 1. The molecule has 3 nitrogen and oxygen atoms in total. The fraction of sp³-hybridized carbons (Fsp3) is 0.417. The van der Waals surface area contributed by atoms with Crippen molar-refractivity contribution in [1.82, 2.24) is 0 Å². The van der Waals surface area contributed by atoms with Crippen LogP contribution in [-0.2, 0) is 4.79 Å². The van der Waals surface area contributed by atoms with E-state index in [-0.39, 0.29) is 12.3 Å². The van der Waals surface area contributed by atoms with Crippen molar-refractivity contribution in [3.8, 4) is 0 Å². The van der Waals surface area contributed by atoms with Gasteiger partial charge in [-0.3, -0.25) is 4.79 Å². The molecule has 3 atom stereocenters. The number of rotatable bonds is 4. The largest absolute Gasteiger partial charge is 0.383 e. The first kappa shape index (κ1) is 13.4. The van der Waals surface area contributed by atoms with Crippen LogP contribution in [0.1, 0.15) is 12.8 Å². The highest BCUT2D eigenvalue weighted by atomic mass is 79.9. The van der Waals surface area contributed by atoms with Crippen molar-refractivity contribution in [3.63, 3.8) is 0 Å². The van der Waals surface area contributed by atoms with Crippen LogP contribution in [0.5, 0.6) is 0 Å². The smallest absolute Gasteiger partial charge is 0.253 e. The molecule has 98 valence electrons. The number of carbonyl (C=O) groups is 1. The Morgan fingerprint density at radius 2 is 2.11 bits per heavy atom. The third-order valence-corrected chi connectivity index (χ3v) is 3.85. The Morgan fingerprint density at radius 3 is 2.61 bits per heavy atom. The molecule has 0 radical (unpaired) electrons. The number of halogens is 3. The number of hydrogen-bond donors (Lipinski definition) is 2. The Balaban J connectivity index is 1.86. The molecule has 1 amide bonds. The maximum atomic E-state index is 13.2. The summed E-state index contributed by atoms with van der Waals surface area (Å²) in [6, 6.07) is 5.18. The van der Waals surface area contributed by atoms with E-state index in [1.807, 2.05) is 0 Å². The molecule has 18 heavy (non-hydrogen) atoms. The molecule has 0 spiro atoms. The van der Waals surface area contributed by atoms with Crippen LogP contribution < -0.4 is 5.32 Å². The molecular weight excluding hydrogens is 308 g/mol. The number of amides is 1. The minimum Gasteiger partial charge on any atom is -0.383 e. The van der Waals surface area contributed by atoms with Gasteiger partial charge in [-0.15, -0.1) is 0 Å². The zero-order valence-corrected chi connectivity index (χ0v) is 11.0. The zero-order valence-electron chi connectivity index (χ0n) is 9.37. The highest BCUT2D eigenvalue weighted by Gasteiger charge is 2.54. The molecule has 1 saturated carbocycles. The molecule has 6 heteroatoms. The van der Waals surface area contributed by atoms with Crippen LogP contribution in [0, 0.1) is 11.7 Å². The summed E-state index contributed by atoms with van der Waals surface area (Å²) in [7, 11) is 0. The van der Waals surface area contributed by atoms with E-state index in [1.165, 1.54) is 24.3 Å². The molecule has 1 aromatic rings. The number of hydrogen-bond acceptors (Lipinski definition) is 2. The second-order valence-corrected chi connectivity index (χ2v) is 5.73. The fourth-order valence-corrected chi connectivity index (χ4v) is 2.24. The predicted octanol–water partition coefficient (Wildman–Crippen LogP) is 2.60. The molecule has 0 aliphatic heterocycles. The monoisotopic (exact) mass is 319 g/mol. The molecule has 3 unspecified atom stereocenters. The number of anilines is 1. The molecule has 0 saturated heterocycles. The van der Waals surface area contributed by atoms with Crippen LogP contribution in [0.25, 0.3) is 0 Å². The number of alkyl halides is 2. The Hall–Kier alpha value is -1.01. The van der Waals surface area contributed by atoms with Crippen LogP contribution >= 0.6 is 15.9 Å². The van der Waals surface area contributed by atoms with Crippen LogP contribution in [0.2, 0.25) is 0 Å². The topological polar surface area (TPSA) is 49.3 Å². The van der Waals surface area contributed by atoms with Crippen molar-refractivity contribution in [1.29, 1.82) is 0 Å². The van der Waals surface area contributed by atoms with Crippen LogP contribution in [-0.4, -0.2) is 21.7 Å². The summed E-state index contributed by atoms with van der Waals surface area (Å²) in [5.41, 5.74) is 0.390. The molecule has 0 aromatic heterocycles. The molecule has 1 fully saturated rings. The van der Waals surface area contributed by atoms with Crippen molar-refractivity contribution in [2.75, 3.05) is 5.32 Å². The van der Waals surface area contributed by atoms with E-state index in [1.54, 1.807) is 0 Å². The molecule has 1 aliphatic carbocycles. The lowest BCUT2D eigenvalue weighted by Crippen LogP contribution is -2.28. The molecule has 1 aromatic carbocycles. The third kappa shape index (κ3) is 3.26. The first-order valence-corrected chi connectivity index (χ1v) is 6.30. The predicted molar refractivity (Wildman–Crippen MR) is 66.5 cm³/mol. The first-order valence-electron chi connectivity index (χ1n) is 5.51. The average molecular weight is 320 g/mol. The van der Waals surface area contributed by atoms with Crippen molar-refractivity contribution >= 4 is 27.5 Å². The van der Waals surface area contributed by atoms with E-state index >= 15 is 0 Å². The summed E-state index contributed by atoms with van der Waals surface area (Å²) >= 11 is 2.85. The van der Waals surface area contributed by atoms with Crippen LogP contribution in [0.3, 0.4) is 0 Å². The lowest BCUT2D eigenvalue weighted by Gasteiger charge is -2.11. The molecule has 1 aliphatic rings. The maximum absolute atomic E-state index is 13.2. The Kier molecular flexibility index (Phi) is 3.68. The standard InChI is InChI=1S/C12H12BrF2NO2/c13-12(15)6-7(12)5-10(17)11(18)16-9-3-1-8(14)2-4-9/h1-4,7,10,17H,5-6H2,(H,16,18). The van der Waals surface area contributed by atoms with Gasteiger partial charge >= 0.3 is 0 Å². The lowest BCUT2D eigenvalue weighted by atomic mass is 10.1. The fourth-order valence-electron chi connectivity index (χ4n) is 1.66. The van der Waals surface area contributed by atoms with Gasteiger partial charge in [-0.05, 0) is 53.0 Å². The highest BCUT2D eigenvalue weighted by Crippen LogP contribution is 2.54. The van der Waals surface area contributed by atoms with Gasteiger partial charge in [0.1, 0.15) is 11.9 Å². The van der Waals surface area contributed by atoms with Crippen LogP contribution in [0.4, 0.5) is 14.5 Å². The van der Waals surface area contributed by atoms with E-state index in [9.17, 15) is 18.7 Å². The van der Waals surface area contributed by atoms with Gasteiger partial charge in [-0.25, -0.2) is 8.78 Å². The van der Waals surface area contributed by atoms with Crippen LogP contribution in [0.15, 0.2) is 24.3 Å². The first-order chi connectivity index (χ1) is 8.38. The maximum Gasteiger partial charge on any atom is 0.253 e. The Morgan fingerprint density at radius 1 is 1.56 bits per heavy atom. The molecule has 2 N–H and O–H groups in total. The second-order valence-electron chi connectivity index (χ2n) is 4.41. The number of aliphatic hydroxyl groups is 1. The van der Waals surface area contributed by atoms with Crippen molar-refractivity contribution in [2.45, 2.75) is 23.5 Å². The quantitative estimate of drug-likeness (QED) is 0.838. The minimum absolute atomic E-state index is 0.0643. The molecule has 0 bridgehead atoms. The average Bonchev–Trinajstić information content (AvgIpc) is 2.89. The SMILES string of the molecule is O=C(Nc1ccc(F)cc1)C(O)CC1CC1(F)Br. The number of nitrogens with one attached hydrogen (secondary N) is 1.